The molecule has 0 bridgehead atoms. The zero-order valence-corrected chi connectivity index (χ0v) is 8.20. The van der Waals surface area contributed by atoms with Gasteiger partial charge in [-0.15, -0.1) is 0 Å². The normalized spacial score (nSPS) is 9.57. The lowest BCUT2D eigenvalue weighted by molar-refractivity contribution is -0.131. The van der Waals surface area contributed by atoms with E-state index in [9.17, 15) is 9.90 Å². The Morgan fingerprint density at radius 2 is 2.14 bits per heavy atom. The van der Waals surface area contributed by atoms with Crippen molar-refractivity contribution in [2.75, 3.05) is 0 Å². The zero-order valence-electron chi connectivity index (χ0n) is 8.20. The molecular formula is C11H12O3. The van der Waals surface area contributed by atoms with Crippen LogP contribution in [0.4, 0.5) is 0 Å². The van der Waals surface area contributed by atoms with Gasteiger partial charge in [0.1, 0.15) is 11.5 Å². The van der Waals surface area contributed by atoms with Gasteiger partial charge in [-0.1, -0.05) is 12.6 Å². The van der Waals surface area contributed by atoms with Crippen LogP contribution in [0, 0.1) is 6.92 Å². The van der Waals surface area contributed by atoms with Gasteiger partial charge >= 0.3 is 5.97 Å². The van der Waals surface area contributed by atoms with Crippen molar-refractivity contribution >= 4 is 11.7 Å². The van der Waals surface area contributed by atoms with Crippen molar-refractivity contribution in [3.05, 3.63) is 35.9 Å². The quantitative estimate of drug-likeness (QED) is 0.444. The first-order valence-electron chi connectivity index (χ1n) is 4.18. The lowest BCUT2D eigenvalue weighted by Crippen LogP contribution is -2.03. The van der Waals surface area contributed by atoms with Crippen molar-refractivity contribution in [1.29, 1.82) is 0 Å². The summed E-state index contributed by atoms with van der Waals surface area (Å²) in [5.74, 6) is -0.190. The van der Waals surface area contributed by atoms with Crippen LogP contribution >= 0.6 is 0 Å². The number of ether oxygens (including phenoxy) is 1. The molecule has 14 heavy (non-hydrogen) atoms. The van der Waals surface area contributed by atoms with E-state index in [-0.39, 0.29) is 5.76 Å². The maximum atomic E-state index is 10.8. The Kier molecular flexibility index (Phi) is 2.92. The number of esters is 1. The van der Waals surface area contributed by atoms with Gasteiger partial charge in [-0.2, -0.15) is 0 Å². The fourth-order valence-electron chi connectivity index (χ4n) is 1.11. The molecule has 0 saturated carbocycles. The predicted molar refractivity (Wildman–Crippen MR) is 54.2 cm³/mol. The van der Waals surface area contributed by atoms with E-state index >= 15 is 0 Å². The summed E-state index contributed by atoms with van der Waals surface area (Å²) in [4.78, 5) is 10.8. The highest BCUT2D eigenvalue weighted by Gasteiger charge is 2.08. The summed E-state index contributed by atoms with van der Waals surface area (Å²) in [5.41, 5.74) is 1.39. The fourth-order valence-corrected chi connectivity index (χ4v) is 1.11. The van der Waals surface area contributed by atoms with E-state index < -0.39 is 5.97 Å². The molecule has 1 aromatic carbocycles. The van der Waals surface area contributed by atoms with Gasteiger partial charge in [-0.3, -0.25) is 4.79 Å². The predicted octanol–water partition coefficient (Wildman–Crippen LogP) is 2.45. The third kappa shape index (κ3) is 2.36. The number of carbonyl (C=O) groups is 1. The Morgan fingerprint density at radius 1 is 1.50 bits per heavy atom. The third-order valence-corrected chi connectivity index (χ3v) is 1.70. The molecule has 0 amide bonds. The van der Waals surface area contributed by atoms with Crippen molar-refractivity contribution in [3.8, 4) is 5.75 Å². The molecular weight excluding hydrogens is 180 g/mol. The summed E-state index contributed by atoms with van der Waals surface area (Å²) in [7, 11) is 0. The van der Waals surface area contributed by atoms with Crippen molar-refractivity contribution in [2.45, 2.75) is 13.8 Å². The molecule has 0 aliphatic heterocycles. The van der Waals surface area contributed by atoms with Crippen molar-refractivity contribution in [3.63, 3.8) is 0 Å². The van der Waals surface area contributed by atoms with Crippen LogP contribution in [-0.2, 0) is 4.79 Å². The summed E-state index contributed by atoms with van der Waals surface area (Å²) in [5, 5.41) is 9.22. The van der Waals surface area contributed by atoms with Crippen molar-refractivity contribution in [1.82, 2.24) is 0 Å². The number of aliphatic hydroxyl groups is 1. The van der Waals surface area contributed by atoms with Crippen LogP contribution in [0.3, 0.4) is 0 Å². The molecule has 0 aromatic heterocycles. The van der Waals surface area contributed by atoms with Crippen LogP contribution in [-0.4, -0.2) is 11.1 Å². The number of benzene rings is 1. The van der Waals surface area contributed by atoms with E-state index in [4.69, 9.17) is 4.74 Å². The average molecular weight is 192 g/mol. The van der Waals surface area contributed by atoms with E-state index in [1.54, 1.807) is 12.1 Å². The van der Waals surface area contributed by atoms with E-state index in [2.05, 4.69) is 6.58 Å². The first kappa shape index (κ1) is 10.3. The third-order valence-electron chi connectivity index (χ3n) is 1.70. The summed E-state index contributed by atoms with van der Waals surface area (Å²) < 4.78 is 4.93. The number of aryl methyl sites for hydroxylation is 1. The smallest absolute Gasteiger partial charge is 0.308 e. The molecule has 1 aromatic rings. The molecule has 0 spiro atoms. The summed E-state index contributed by atoms with van der Waals surface area (Å²) in [6, 6.07) is 5.15. The Morgan fingerprint density at radius 3 is 2.64 bits per heavy atom. The zero-order chi connectivity index (χ0) is 10.7. The van der Waals surface area contributed by atoms with Crippen LogP contribution < -0.4 is 4.74 Å². The van der Waals surface area contributed by atoms with Crippen LogP contribution in [0.1, 0.15) is 18.1 Å². The van der Waals surface area contributed by atoms with Gasteiger partial charge in [0.25, 0.3) is 0 Å². The SMILES string of the molecule is C=C(O)c1ccc(C)cc1OC(C)=O. The average Bonchev–Trinajstić information content (AvgIpc) is 2.01. The Labute approximate surface area is 82.6 Å². The molecule has 0 heterocycles. The van der Waals surface area contributed by atoms with Gasteiger partial charge < -0.3 is 9.84 Å². The molecule has 0 aliphatic carbocycles. The maximum absolute atomic E-state index is 10.8. The van der Waals surface area contributed by atoms with E-state index in [0.29, 0.717) is 11.3 Å². The highest BCUT2D eigenvalue weighted by molar-refractivity contribution is 5.73. The second kappa shape index (κ2) is 3.96. The minimum Gasteiger partial charge on any atom is -0.508 e. The number of aliphatic hydroxyl groups excluding tert-OH is 1. The first-order valence-corrected chi connectivity index (χ1v) is 4.18. The molecule has 0 aliphatic rings. The lowest BCUT2D eigenvalue weighted by atomic mass is 10.1. The molecule has 3 nitrogen and oxygen atoms in total. The first-order chi connectivity index (χ1) is 6.50. The summed E-state index contributed by atoms with van der Waals surface area (Å²) in [6.45, 7) is 6.57. The second-order valence-corrected chi connectivity index (χ2v) is 3.04. The largest absolute Gasteiger partial charge is 0.508 e. The number of rotatable bonds is 2. The molecule has 74 valence electrons. The standard InChI is InChI=1S/C11H12O3/c1-7-4-5-10(8(2)12)11(6-7)14-9(3)13/h4-6,12H,2H2,1,3H3. The highest BCUT2D eigenvalue weighted by atomic mass is 16.5. The lowest BCUT2D eigenvalue weighted by Gasteiger charge is -2.08. The molecule has 3 heteroatoms. The van der Waals surface area contributed by atoms with Crippen LogP contribution in [0.25, 0.3) is 5.76 Å². The van der Waals surface area contributed by atoms with E-state index in [1.165, 1.54) is 6.92 Å². The van der Waals surface area contributed by atoms with Crippen LogP contribution in [0.5, 0.6) is 5.75 Å². The molecule has 0 saturated heterocycles. The van der Waals surface area contributed by atoms with Gasteiger partial charge in [0.15, 0.2) is 0 Å². The van der Waals surface area contributed by atoms with Gasteiger partial charge in [-0.05, 0) is 24.6 Å². The van der Waals surface area contributed by atoms with E-state index in [1.807, 2.05) is 13.0 Å². The van der Waals surface area contributed by atoms with Gasteiger partial charge in [-0.25, -0.2) is 0 Å². The number of carbonyl (C=O) groups excluding carboxylic acids is 1. The topological polar surface area (TPSA) is 46.5 Å². The van der Waals surface area contributed by atoms with Crippen molar-refractivity contribution in [2.24, 2.45) is 0 Å². The molecule has 0 unspecified atom stereocenters. The highest BCUT2D eigenvalue weighted by Crippen LogP contribution is 2.24. The monoisotopic (exact) mass is 192 g/mol. The molecule has 1 N–H and O–H groups in total. The van der Waals surface area contributed by atoms with Crippen LogP contribution in [0.2, 0.25) is 0 Å². The second-order valence-electron chi connectivity index (χ2n) is 3.04. The van der Waals surface area contributed by atoms with Gasteiger partial charge in [0.05, 0.1) is 5.56 Å². The van der Waals surface area contributed by atoms with Gasteiger partial charge in [0.2, 0.25) is 0 Å². The fraction of sp³-hybridized carbons (Fsp3) is 0.182. The Hall–Kier alpha value is -1.77. The Bertz CT molecular complexity index is 380. The Balaban J connectivity index is 3.15. The minimum absolute atomic E-state index is 0.110. The van der Waals surface area contributed by atoms with Crippen LogP contribution in [0.15, 0.2) is 24.8 Å². The summed E-state index contributed by atoms with van der Waals surface area (Å²) in [6.07, 6.45) is 0. The maximum Gasteiger partial charge on any atom is 0.308 e. The molecule has 0 atom stereocenters. The van der Waals surface area contributed by atoms with Gasteiger partial charge in [0, 0.05) is 6.92 Å². The molecule has 1 rings (SSSR count). The minimum atomic E-state index is -0.418. The summed E-state index contributed by atoms with van der Waals surface area (Å²) >= 11 is 0. The molecule has 0 radical (unpaired) electrons. The van der Waals surface area contributed by atoms with E-state index in [0.717, 1.165) is 5.56 Å². The number of hydrogen-bond acceptors (Lipinski definition) is 3. The number of hydrogen-bond donors (Lipinski definition) is 1. The molecule has 0 fully saturated rings. The van der Waals surface area contributed by atoms with Crippen molar-refractivity contribution < 1.29 is 14.6 Å².